The number of likely N-dealkylation sites (tertiary alicyclic amines) is 1. The Morgan fingerprint density at radius 2 is 1.59 bits per heavy atom. The number of nitrogens with zero attached hydrogens (tertiary/aromatic N) is 4. The summed E-state index contributed by atoms with van der Waals surface area (Å²) in [6.45, 7) is 1.17. The van der Waals surface area contributed by atoms with Gasteiger partial charge >= 0.3 is 6.03 Å². The van der Waals surface area contributed by atoms with E-state index in [0.29, 0.717) is 25.9 Å². The van der Waals surface area contributed by atoms with Gasteiger partial charge < -0.3 is 15.5 Å². The predicted molar refractivity (Wildman–Crippen MR) is 109 cm³/mol. The second-order valence-electron chi connectivity index (χ2n) is 6.89. The fourth-order valence-corrected chi connectivity index (χ4v) is 3.26. The van der Waals surface area contributed by atoms with Gasteiger partial charge in [0, 0.05) is 24.8 Å². The molecule has 29 heavy (non-hydrogen) atoms. The summed E-state index contributed by atoms with van der Waals surface area (Å²) in [7, 11) is 0. The third-order valence-corrected chi connectivity index (χ3v) is 4.85. The number of carbonyl (C=O) groups excluding carboxylic acids is 2. The van der Waals surface area contributed by atoms with Crippen LogP contribution >= 0.6 is 0 Å². The van der Waals surface area contributed by atoms with Gasteiger partial charge in [0.2, 0.25) is 0 Å². The number of rotatable bonds is 4. The van der Waals surface area contributed by atoms with Gasteiger partial charge in [-0.15, -0.1) is 5.10 Å². The summed E-state index contributed by atoms with van der Waals surface area (Å²) < 4.78 is 0. The van der Waals surface area contributed by atoms with Crippen LogP contribution in [0.3, 0.4) is 0 Å². The van der Waals surface area contributed by atoms with Crippen molar-refractivity contribution in [2.75, 3.05) is 18.4 Å². The number of benzene rings is 2. The van der Waals surface area contributed by atoms with Crippen molar-refractivity contribution >= 4 is 17.6 Å². The number of hydrogen-bond donors (Lipinski definition) is 2. The van der Waals surface area contributed by atoms with Gasteiger partial charge in [0.25, 0.3) is 5.91 Å². The fraction of sp³-hybridized carbons (Fsp3) is 0.238. The maximum Gasteiger partial charge on any atom is 0.321 e. The minimum Gasteiger partial charge on any atom is -0.348 e. The Morgan fingerprint density at radius 3 is 2.28 bits per heavy atom. The third kappa shape index (κ3) is 4.60. The molecule has 3 amide bonds. The highest BCUT2D eigenvalue weighted by Crippen LogP contribution is 2.14. The molecule has 4 rings (SSSR count). The second kappa shape index (κ2) is 8.55. The molecule has 1 aliphatic rings. The smallest absolute Gasteiger partial charge is 0.321 e. The van der Waals surface area contributed by atoms with E-state index in [1.165, 1.54) is 11.0 Å². The van der Waals surface area contributed by atoms with Crippen LogP contribution in [0.4, 0.5) is 10.5 Å². The third-order valence-electron chi connectivity index (χ3n) is 4.85. The standard InChI is InChI=1S/C21H22N6O2/c28-20(19-15-22-27(25-19)18-9-5-2-6-10-18)23-17-11-13-26(14-12-17)21(29)24-16-7-3-1-4-8-16/h1-10,15,17H,11-14H2,(H,23,28)(H,24,29). The van der Waals surface area contributed by atoms with E-state index in [1.54, 1.807) is 4.90 Å². The minimum absolute atomic E-state index is 0.00477. The molecule has 3 aromatic rings. The van der Waals surface area contributed by atoms with Crippen LogP contribution in [0.1, 0.15) is 23.3 Å². The molecule has 8 nitrogen and oxygen atoms in total. The van der Waals surface area contributed by atoms with Crippen molar-refractivity contribution in [1.82, 2.24) is 25.2 Å². The molecule has 0 unspecified atom stereocenters. The molecule has 0 spiro atoms. The fourth-order valence-electron chi connectivity index (χ4n) is 3.26. The van der Waals surface area contributed by atoms with E-state index in [1.807, 2.05) is 60.7 Å². The first-order valence-corrected chi connectivity index (χ1v) is 9.58. The normalized spacial score (nSPS) is 14.4. The highest BCUT2D eigenvalue weighted by Gasteiger charge is 2.25. The van der Waals surface area contributed by atoms with Crippen LogP contribution in [0.2, 0.25) is 0 Å². The van der Waals surface area contributed by atoms with Crippen molar-refractivity contribution in [3.8, 4) is 5.69 Å². The molecule has 148 valence electrons. The van der Waals surface area contributed by atoms with E-state index < -0.39 is 0 Å². The first-order valence-electron chi connectivity index (χ1n) is 9.58. The molecular weight excluding hydrogens is 368 g/mol. The molecule has 1 fully saturated rings. The van der Waals surface area contributed by atoms with Gasteiger partial charge in [-0.25, -0.2) is 4.79 Å². The zero-order valence-corrected chi connectivity index (χ0v) is 15.9. The van der Waals surface area contributed by atoms with Crippen LogP contribution in [0.5, 0.6) is 0 Å². The number of carbonyl (C=O) groups is 2. The van der Waals surface area contributed by atoms with Crippen molar-refractivity contribution in [1.29, 1.82) is 0 Å². The van der Waals surface area contributed by atoms with E-state index in [-0.39, 0.29) is 23.7 Å². The van der Waals surface area contributed by atoms with E-state index in [2.05, 4.69) is 20.8 Å². The molecule has 0 saturated carbocycles. The summed E-state index contributed by atoms with van der Waals surface area (Å²) >= 11 is 0. The molecule has 0 radical (unpaired) electrons. The lowest BCUT2D eigenvalue weighted by molar-refractivity contribution is 0.0913. The molecule has 2 heterocycles. The summed E-state index contributed by atoms with van der Waals surface area (Å²) in [5, 5.41) is 14.3. The number of amides is 3. The number of aromatic nitrogens is 3. The molecule has 8 heteroatoms. The number of para-hydroxylation sites is 2. The number of nitrogens with one attached hydrogen (secondary N) is 2. The van der Waals surface area contributed by atoms with Crippen LogP contribution in [-0.4, -0.2) is 51.0 Å². The monoisotopic (exact) mass is 390 g/mol. The van der Waals surface area contributed by atoms with E-state index in [9.17, 15) is 9.59 Å². The lowest BCUT2D eigenvalue weighted by atomic mass is 10.1. The van der Waals surface area contributed by atoms with Gasteiger partial charge in [0.05, 0.1) is 11.9 Å². The summed E-state index contributed by atoms with van der Waals surface area (Å²) in [4.78, 5) is 28.1. The van der Waals surface area contributed by atoms with Crippen molar-refractivity contribution in [2.24, 2.45) is 0 Å². The number of anilines is 1. The first-order chi connectivity index (χ1) is 14.2. The summed E-state index contributed by atoms with van der Waals surface area (Å²) in [6.07, 6.45) is 2.85. The average molecular weight is 390 g/mol. The molecule has 0 atom stereocenters. The Balaban J connectivity index is 1.28. The average Bonchev–Trinajstić information content (AvgIpc) is 3.26. The van der Waals surface area contributed by atoms with Crippen LogP contribution in [0.25, 0.3) is 5.69 Å². The van der Waals surface area contributed by atoms with Gasteiger partial charge in [0.15, 0.2) is 5.69 Å². The Kier molecular flexibility index (Phi) is 5.51. The zero-order valence-electron chi connectivity index (χ0n) is 15.9. The van der Waals surface area contributed by atoms with Crippen molar-refractivity contribution in [3.05, 3.63) is 72.6 Å². The number of piperidine rings is 1. The summed E-state index contributed by atoms with van der Waals surface area (Å²) in [5.74, 6) is -0.251. The number of hydrogen-bond acceptors (Lipinski definition) is 4. The summed E-state index contributed by atoms with van der Waals surface area (Å²) in [5.41, 5.74) is 1.84. The molecule has 0 bridgehead atoms. The highest BCUT2D eigenvalue weighted by molar-refractivity contribution is 5.92. The molecule has 1 saturated heterocycles. The van der Waals surface area contributed by atoms with Crippen LogP contribution in [0, 0.1) is 0 Å². The van der Waals surface area contributed by atoms with Gasteiger partial charge in [0.1, 0.15) is 0 Å². The molecule has 0 aliphatic carbocycles. The SMILES string of the molecule is O=C(NC1CCN(C(=O)Nc2ccccc2)CC1)c1cnn(-c2ccccc2)n1. The Morgan fingerprint density at radius 1 is 0.931 bits per heavy atom. The van der Waals surface area contributed by atoms with E-state index >= 15 is 0 Å². The van der Waals surface area contributed by atoms with Gasteiger partial charge in [-0.2, -0.15) is 9.90 Å². The van der Waals surface area contributed by atoms with Crippen molar-refractivity contribution in [2.45, 2.75) is 18.9 Å². The first kappa shape index (κ1) is 18.7. The van der Waals surface area contributed by atoms with Crippen LogP contribution < -0.4 is 10.6 Å². The van der Waals surface area contributed by atoms with Crippen LogP contribution in [0.15, 0.2) is 66.9 Å². The summed E-state index contributed by atoms with van der Waals surface area (Å²) in [6, 6.07) is 18.7. The van der Waals surface area contributed by atoms with Crippen LogP contribution in [-0.2, 0) is 0 Å². The molecular formula is C21H22N6O2. The topological polar surface area (TPSA) is 92.2 Å². The molecule has 1 aromatic heterocycles. The van der Waals surface area contributed by atoms with E-state index in [4.69, 9.17) is 0 Å². The Hall–Kier alpha value is -3.68. The number of urea groups is 1. The van der Waals surface area contributed by atoms with Crippen molar-refractivity contribution in [3.63, 3.8) is 0 Å². The van der Waals surface area contributed by atoms with Gasteiger partial charge in [-0.3, -0.25) is 4.79 Å². The largest absolute Gasteiger partial charge is 0.348 e. The lowest BCUT2D eigenvalue weighted by Crippen LogP contribution is -2.47. The van der Waals surface area contributed by atoms with Gasteiger partial charge in [-0.05, 0) is 37.1 Å². The predicted octanol–water partition coefficient (Wildman–Crippen LogP) is 2.69. The quantitative estimate of drug-likeness (QED) is 0.716. The Labute approximate surface area is 168 Å². The zero-order chi connectivity index (χ0) is 20.1. The molecule has 2 N–H and O–H groups in total. The van der Waals surface area contributed by atoms with E-state index in [0.717, 1.165) is 11.4 Å². The molecule has 2 aromatic carbocycles. The van der Waals surface area contributed by atoms with Gasteiger partial charge in [-0.1, -0.05) is 36.4 Å². The minimum atomic E-state index is -0.251. The molecule has 1 aliphatic heterocycles. The Bertz CT molecular complexity index is 965. The maximum atomic E-state index is 12.5. The second-order valence-corrected chi connectivity index (χ2v) is 6.89. The lowest BCUT2D eigenvalue weighted by Gasteiger charge is -2.32. The van der Waals surface area contributed by atoms with Crippen molar-refractivity contribution < 1.29 is 9.59 Å². The maximum absolute atomic E-state index is 12.5. The highest BCUT2D eigenvalue weighted by atomic mass is 16.2.